The Balaban J connectivity index is 2.26. The van der Waals surface area contributed by atoms with Crippen LogP contribution in [-0.4, -0.2) is 20.8 Å². The molecule has 21 heavy (non-hydrogen) atoms. The van der Waals surface area contributed by atoms with E-state index in [1.807, 2.05) is 19.1 Å². The van der Waals surface area contributed by atoms with E-state index in [0.29, 0.717) is 13.0 Å². The second kappa shape index (κ2) is 7.07. The van der Waals surface area contributed by atoms with Gasteiger partial charge in [0.15, 0.2) is 0 Å². The molecule has 110 valence electrons. The normalized spacial score (nSPS) is 10.2. The largest absolute Gasteiger partial charge is 0.395 e. The molecular weight excluding hydrogens is 288 g/mol. The van der Waals surface area contributed by atoms with Crippen LogP contribution in [0.1, 0.15) is 23.1 Å². The first-order chi connectivity index (χ1) is 10.2. The molecular formula is C15H16N2O3S. The molecule has 0 bridgehead atoms. The third-order valence-corrected chi connectivity index (χ3v) is 3.89. The van der Waals surface area contributed by atoms with Crippen molar-refractivity contribution in [3.8, 4) is 11.8 Å². The van der Waals surface area contributed by atoms with Gasteiger partial charge in [0.25, 0.3) is 5.56 Å². The molecule has 0 amide bonds. The third-order valence-electron chi connectivity index (χ3n) is 2.90. The number of thiophene rings is 1. The molecule has 2 aromatic rings. The molecule has 0 radical (unpaired) electrons. The lowest BCUT2D eigenvalue weighted by Gasteiger charge is -2.06. The van der Waals surface area contributed by atoms with Crippen molar-refractivity contribution in [1.29, 1.82) is 0 Å². The predicted molar refractivity (Wildman–Crippen MR) is 82.6 cm³/mol. The van der Waals surface area contributed by atoms with Crippen molar-refractivity contribution in [3.05, 3.63) is 55.0 Å². The quantitative estimate of drug-likeness (QED) is 0.853. The van der Waals surface area contributed by atoms with Gasteiger partial charge in [0.1, 0.15) is 0 Å². The molecule has 1 N–H and O–H groups in total. The summed E-state index contributed by atoms with van der Waals surface area (Å²) in [5, 5.41) is 8.68. The highest BCUT2D eigenvalue weighted by Crippen LogP contribution is 2.15. The highest BCUT2D eigenvalue weighted by molar-refractivity contribution is 7.12. The standard InChI is InChI=1S/C15H16N2O3S/c1-2-16-9-8-14(19)17(15(16)20)11-13-7-6-12(21-13)5-3-4-10-18/h6-9,18H,2,4,10-11H2,1H3. The predicted octanol–water partition coefficient (Wildman–Crippen LogP) is 0.874. The first-order valence-corrected chi connectivity index (χ1v) is 7.46. The fraction of sp³-hybridized carbons (Fsp3) is 0.333. The van der Waals surface area contributed by atoms with Crippen LogP contribution < -0.4 is 11.2 Å². The monoisotopic (exact) mass is 304 g/mol. The first kappa shape index (κ1) is 15.3. The fourth-order valence-electron chi connectivity index (χ4n) is 1.83. The summed E-state index contributed by atoms with van der Waals surface area (Å²) in [6, 6.07) is 5.12. The maximum atomic E-state index is 12.1. The Hall–Kier alpha value is -2.10. The number of nitrogens with zero attached hydrogens (tertiary/aromatic N) is 2. The fourth-order valence-corrected chi connectivity index (χ4v) is 2.71. The van der Waals surface area contributed by atoms with Crippen molar-refractivity contribution in [3.63, 3.8) is 0 Å². The summed E-state index contributed by atoms with van der Waals surface area (Å²) in [5.41, 5.74) is -0.600. The summed E-state index contributed by atoms with van der Waals surface area (Å²) in [6.07, 6.45) is 1.95. The van der Waals surface area contributed by atoms with Gasteiger partial charge >= 0.3 is 5.69 Å². The van der Waals surface area contributed by atoms with E-state index in [0.717, 1.165) is 9.75 Å². The highest BCUT2D eigenvalue weighted by Gasteiger charge is 2.06. The van der Waals surface area contributed by atoms with Crippen LogP contribution in [0, 0.1) is 11.8 Å². The average molecular weight is 304 g/mol. The Labute approximate surface area is 126 Å². The van der Waals surface area contributed by atoms with E-state index in [2.05, 4.69) is 11.8 Å². The molecule has 2 aromatic heterocycles. The topological polar surface area (TPSA) is 64.2 Å². The minimum absolute atomic E-state index is 0.0429. The van der Waals surface area contributed by atoms with E-state index in [1.165, 1.54) is 32.7 Å². The van der Waals surface area contributed by atoms with Crippen LogP contribution in [0.4, 0.5) is 0 Å². The number of aliphatic hydroxyl groups excluding tert-OH is 1. The van der Waals surface area contributed by atoms with E-state index in [-0.39, 0.29) is 24.4 Å². The van der Waals surface area contributed by atoms with Gasteiger partial charge in [-0.2, -0.15) is 0 Å². The van der Waals surface area contributed by atoms with Crippen molar-refractivity contribution in [2.75, 3.05) is 6.61 Å². The van der Waals surface area contributed by atoms with Crippen LogP contribution in [0.2, 0.25) is 0 Å². The Morgan fingerprint density at radius 2 is 2.10 bits per heavy atom. The van der Waals surface area contributed by atoms with Crippen molar-refractivity contribution < 1.29 is 5.11 Å². The zero-order valence-corrected chi connectivity index (χ0v) is 12.5. The second-order valence-electron chi connectivity index (χ2n) is 4.35. The van der Waals surface area contributed by atoms with E-state index < -0.39 is 0 Å². The van der Waals surface area contributed by atoms with Gasteiger partial charge in [-0.25, -0.2) is 4.79 Å². The lowest BCUT2D eigenvalue weighted by Crippen LogP contribution is -2.38. The van der Waals surface area contributed by atoms with Crippen LogP contribution >= 0.6 is 11.3 Å². The van der Waals surface area contributed by atoms with E-state index in [1.54, 1.807) is 0 Å². The van der Waals surface area contributed by atoms with Gasteiger partial charge in [-0.3, -0.25) is 9.36 Å². The van der Waals surface area contributed by atoms with Crippen molar-refractivity contribution in [2.45, 2.75) is 26.4 Å². The molecule has 2 heterocycles. The van der Waals surface area contributed by atoms with Gasteiger partial charge in [-0.1, -0.05) is 11.8 Å². The zero-order chi connectivity index (χ0) is 15.2. The van der Waals surface area contributed by atoms with Gasteiger partial charge in [0.2, 0.25) is 0 Å². The molecule has 6 heteroatoms. The van der Waals surface area contributed by atoms with E-state index >= 15 is 0 Å². The molecule has 0 unspecified atom stereocenters. The Kier molecular flexibility index (Phi) is 5.14. The van der Waals surface area contributed by atoms with Gasteiger partial charge < -0.3 is 9.67 Å². The lowest BCUT2D eigenvalue weighted by molar-refractivity contribution is 0.305. The summed E-state index contributed by atoms with van der Waals surface area (Å²) in [7, 11) is 0. The molecule has 0 spiro atoms. The van der Waals surface area contributed by atoms with Crippen LogP contribution in [-0.2, 0) is 13.1 Å². The van der Waals surface area contributed by atoms with Crippen molar-refractivity contribution in [2.24, 2.45) is 0 Å². The van der Waals surface area contributed by atoms with E-state index in [4.69, 9.17) is 5.11 Å². The zero-order valence-electron chi connectivity index (χ0n) is 11.7. The van der Waals surface area contributed by atoms with Gasteiger partial charge in [-0.05, 0) is 19.1 Å². The molecule has 0 aliphatic carbocycles. The minimum atomic E-state index is -0.300. The smallest absolute Gasteiger partial charge is 0.331 e. The first-order valence-electron chi connectivity index (χ1n) is 6.64. The second-order valence-corrected chi connectivity index (χ2v) is 5.52. The molecule has 0 aromatic carbocycles. The molecule has 0 aliphatic heterocycles. The molecule has 0 fully saturated rings. The maximum Gasteiger partial charge on any atom is 0.331 e. The Morgan fingerprint density at radius 1 is 1.29 bits per heavy atom. The van der Waals surface area contributed by atoms with Crippen LogP contribution in [0.25, 0.3) is 0 Å². The molecule has 2 rings (SSSR count). The summed E-state index contributed by atoms with van der Waals surface area (Å²) in [5.74, 6) is 5.79. The third kappa shape index (κ3) is 3.72. The van der Waals surface area contributed by atoms with Crippen LogP contribution in [0.15, 0.2) is 34.0 Å². The molecule has 0 atom stereocenters. The van der Waals surface area contributed by atoms with Gasteiger partial charge in [0, 0.05) is 30.1 Å². The number of rotatable bonds is 4. The molecule has 0 saturated carbocycles. The maximum absolute atomic E-state index is 12.1. The van der Waals surface area contributed by atoms with Gasteiger partial charge in [-0.15, -0.1) is 11.3 Å². The van der Waals surface area contributed by atoms with Crippen molar-refractivity contribution >= 4 is 11.3 Å². The number of aryl methyl sites for hydroxylation is 1. The van der Waals surface area contributed by atoms with Gasteiger partial charge in [0.05, 0.1) is 18.0 Å². The summed E-state index contributed by atoms with van der Waals surface area (Å²) < 4.78 is 2.72. The van der Waals surface area contributed by atoms with Crippen molar-refractivity contribution in [1.82, 2.24) is 9.13 Å². The summed E-state index contributed by atoms with van der Waals surface area (Å²) >= 11 is 1.45. The molecule has 5 nitrogen and oxygen atoms in total. The SMILES string of the molecule is CCn1ccc(=O)n(Cc2ccc(C#CCCO)s2)c1=O. The lowest BCUT2D eigenvalue weighted by atomic mass is 10.4. The van der Waals surface area contributed by atoms with Crippen LogP contribution in [0.5, 0.6) is 0 Å². The Morgan fingerprint density at radius 3 is 2.81 bits per heavy atom. The average Bonchev–Trinajstić information content (AvgIpc) is 2.92. The van der Waals surface area contributed by atoms with Crippen LogP contribution in [0.3, 0.4) is 0 Å². The number of aliphatic hydroxyl groups is 1. The number of hydrogen-bond acceptors (Lipinski definition) is 4. The summed E-state index contributed by atoms with van der Waals surface area (Å²) in [6.45, 7) is 2.68. The number of hydrogen-bond donors (Lipinski definition) is 1. The minimum Gasteiger partial charge on any atom is -0.395 e. The highest BCUT2D eigenvalue weighted by atomic mass is 32.1. The molecule has 0 aliphatic rings. The Bertz CT molecular complexity index is 789. The summed E-state index contributed by atoms with van der Waals surface area (Å²) in [4.78, 5) is 25.7. The number of aromatic nitrogens is 2. The molecule has 0 saturated heterocycles. The van der Waals surface area contributed by atoms with E-state index in [9.17, 15) is 9.59 Å².